The van der Waals surface area contributed by atoms with Gasteiger partial charge in [-0.2, -0.15) is 0 Å². The first-order valence-corrected chi connectivity index (χ1v) is 9.89. The molecule has 0 radical (unpaired) electrons. The zero-order valence-electron chi connectivity index (χ0n) is 17.1. The third kappa shape index (κ3) is 3.43. The minimum absolute atomic E-state index is 0.0989. The molecule has 5 rings (SSSR count). The Morgan fingerprint density at radius 3 is 2.64 bits per heavy atom. The molecular formula is C21H16F3N5O4. The number of halogens is 3. The van der Waals surface area contributed by atoms with Crippen LogP contribution in [-0.4, -0.2) is 36.4 Å². The number of pyridine rings is 1. The number of rotatable bonds is 3. The van der Waals surface area contributed by atoms with E-state index >= 15 is 0 Å². The second kappa shape index (κ2) is 7.50. The van der Waals surface area contributed by atoms with Crippen LogP contribution in [0.1, 0.15) is 22.9 Å². The molecule has 0 saturated heterocycles. The molecule has 4 aromatic rings. The SMILES string of the molecule is Cn1c(-c2ccn3c4c(nc3c2)C[C@H](c2cc(F)c(F)cc2F)[C@@H](NC(=O)O)C4)noc1=O. The van der Waals surface area contributed by atoms with Gasteiger partial charge in [-0.1, -0.05) is 5.16 Å². The molecule has 170 valence electrons. The van der Waals surface area contributed by atoms with Crippen LogP contribution in [0.5, 0.6) is 0 Å². The van der Waals surface area contributed by atoms with E-state index in [1.54, 1.807) is 22.7 Å². The van der Waals surface area contributed by atoms with Gasteiger partial charge in [0.05, 0.1) is 5.69 Å². The fourth-order valence-corrected chi connectivity index (χ4v) is 4.36. The predicted octanol–water partition coefficient (Wildman–Crippen LogP) is 2.62. The molecule has 1 aliphatic rings. The molecule has 12 heteroatoms. The predicted molar refractivity (Wildman–Crippen MR) is 107 cm³/mol. The van der Waals surface area contributed by atoms with E-state index in [4.69, 9.17) is 0 Å². The summed E-state index contributed by atoms with van der Waals surface area (Å²) in [5, 5.41) is 15.4. The Kier molecular flexibility index (Phi) is 4.73. The Hall–Kier alpha value is -4.09. The summed E-state index contributed by atoms with van der Waals surface area (Å²) in [4.78, 5) is 27.6. The molecule has 3 heterocycles. The van der Waals surface area contributed by atoms with Gasteiger partial charge in [-0.05, 0) is 23.8 Å². The summed E-state index contributed by atoms with van der Waals surface area (Å²) in [6.07, 6.45) is 0.626. The number of benzene rings is 1. The minimum atomic E-state index is -1.32. The standard InChI is InChI=1S/C21H16F3N5O4/c1-28-19(27-33-21(28)32)9-2-3-29-17-8-15(26-20(30)31)11(6-16(17)25-18(29)4-9)10-5-13(23)14(24)7-12(10)22/h2-5,7,11,15,26H,6,8H2,1H3,(H,30,31)/t11-,15+/m1/s1. The number of carbonyl (C=O) groups is 1. The van der Waals surface area contributed by atoms with Gasteiger partial charge in [0.15, 0.2) is 17.5 Å². The first-order valence-electron chi connectivity index (χ1n) is 9.89. The molecule has 0 spiro atoms. The number of nitrogens with zero attached hydrogens (tertiary/aromatic N) is 4. The lowest BCUT2D eigenvalue weighted by atomic mass is 9.80. The summed E-state index contributed by atoms with van der Waals surface area (Å²) in [6, 6.07) is 3.80. The Bertz CT molecular complexity index is 1470. The fraction of sp³-hybridized carbons (Fsp3) is 0.238. The van der Waals surface area contributed by atoms with E-state index in [0.717, 1.165) is 6.07 Å². The van der Waals surface area contributed by atoms with Gasteiger partial charge in [0.2, 0.25) is 0 Å². The molecule has 9 nitrogen and oxygen atoms in total. The summed E-state index contributed by atoms with van der Waals surface area (Å²) in [5.41, 5.74) is 2.20. The monoisotopic (exact) mass is 459 g/mol. The molecule has 0 saturated carbocycles. The number of imidazole rings is 1. The van der Waals surface area contributed by atoms with Crippen molar-refractivity contribution in [2.24, 2.45) is 7.05 Å². The Morgan fingerprint density at radius 2 is 1.94 bits per heavy atom. The zero-order chi connectivity index (χ0) is 23.4. The van der Waals surface area contributed by atoms with Gasteiger partial charge in [0, 0.05) is 55.4 Å². The first kappa shape index (κ1) is 20.8. The van der Waals surface area contributed by atoms with Gasteiger partial charge in [-0.15, -0.1) is 0 Å². The maximum absolute atomic E-state index is 14.5. The molecule has 0 aliphatic heterocycles. The van der Waals surface area contributed by atoms with Crippen LogP contribution in [0, 0.1) is 17.5 Å². The average molecular weight is 459 g/mol. The van der Waals surface area contributed by atoms with E-state index in [9.17, 15) is 27.9 Å². The molecule has 33 heavy (non-hydrogen) atoms. The van der Waals surface area contributed by atoms with Crippen LogP contribution >= 0.6 is 0 Å². The van der Waals surface area contributed by atoms with E-state index in [0.29, 0.717) is 34.5 Å². The van der Waals surface area contributed by atoms with Crippen LogP contribution in [0.2, 0.25) is 0 Å². The first-order chi connectivity index (χ1) is 15.7. The summed E-state index contributed by atoms with van der Waals surface area (Å²) in [5.74, 6) is -4.62. The van der Waals surface area contributed by atoms with Crippen LogP contribution in [0.4, 0.5) is 18.0 Å². The molecule has 0 unspecified atom stereocenters. The van der Waals surface area contributed by atoms with E-state index in [1.807, 2.05) is 0 Å². The molecule has 0 bridgehead atoms. The molecular weight excluding hydrogens is 443 g/mol. The van der Waals surface area contributed by atoms with Gasteiger partial charge in [-0.25, -0.2) is 27.7 Å². The largest absolute Gasteiger partial charge is 0.465 e. The van der Waals surface area contributed by atoms with Crippen LogP contribution in [-0.2, 0) is 19.9 Å². The number of amides is 1. The molecule has 1 amide bonds. The molecule has 0 fully saturated rings. The zero-order valence-corrected chi connectivity index (χ0v) is 17.1. The number of aromatic nitrogens is 4. The van der Waals surface area contributed by atoms with Crippen molar-refractivity contribution in [2.75, 3.05) is 0 Å². The van der Waals surface area contributed by atoms with Crippen LogP contribution in [0.25, 0.3) is 17.0 Å². The second-order valence-electron chi connectivity index (χ2n) is 7.84. The van der Waals surface area contributed by atoms with Gasteiger partial charge < -0.3 is 14.8 Å². The number of hydrogen-bond acceptors (Lipinski definition) is 5. The third-order valence-electron chi connectivity index (χ3n) is 5.93. The van der Waals surface area contributed by atoms with Crippen molar-refractivity contribution in [2.45, 2.75) is 24.8 Å². The number of hydrogen-bond donors (Lipinski definition) is 2. The van der Waals surface area contributed by atoms with Crippen molar-refractivity contribution >= 4 is 11.7 Å². The maximum Gasteiger partial charge on any atom is 0.441 e. The summed E-state index contributed by atoms with van der Waals surface area (Å²) >= 11 is 0. The van der Waals surface area contributed by atoms with Crippen LogP contribution in [0.3, 0.4) is 0 Å². The molecule has 1 aliphatic carbocycles. The van der Waals surface area contributed by atoms with E-state index < -0.39 is 41.3 Å². The normalized spacial score (nSPS) is 17.8. The van der Waals surface area contributed by atoms with E-state index in [1.165, 1.54) is 11.6 Å². The van der Waals surface area contributed by atoms with E-state index in [2.05, 4.69) is 20.0 Å². The Labute approximate surface area is 183 Å². The number of fused-ring (bicyclic) bond motifs is 3. The topological polar surface area (TPSA) is 115 Å². The molecule has 2 atom stereocenters. The van der Waals surface area contributed by atoms with Gasteiger partial charge in [0.1, 0.15) is 11.5 Å². The molecule has 1 aromatic carbocycles. The maximum atomic E-state index is 14.5. The number of nitrogens with one attached hydrogen (secondary N) is 1. The van der Waals surface area contributed by atoms with Crippen molar-refractivity contribution < 1.29 is 27.6 Å². The minimum Gasteiger partial charge on any atom is -0.465 e. The highest BCUT2D eigenvalue weighted by atomic mass is 19.2. The lowest BCUT2D eigenvalue weighted by Crippen LogP contribution is -2.43. The number of carboxylic acid groups (broad SMARTS) is 1. The smallest absolute Gasteiger partial charge is 0.441 e. The second-order valence-corrected chi connectivity index (χ2v) is 7.84. The van der Waals surface area contributed by atoms with Crippen molar-refractivity contribution in [3.05, 3.63) is 75.4 Å². The van der Waals surface area contributed by atoms with Gasteiger partial charge in [-0.3, -0.25) is 9.09 Å². The summed E-state index contributed by atoms with van der Waals surface area (Å²) in [7, 11) is 1.51. The van der Waals surface area contributed by atoms with E-state index in [-0.39, 0.29) is 18.4 Å². The van der Waals surface area contributed by atoms with Crippen molar-refractivity contribution in [1.29, 1.82) is 0 Å². The third-order valence-corrected chi connectivity index (χ3v) is 5.93. The lowest BCUT2D eigenvalue weighted by Gasteiger charge is -2.31. The summed E-state index contributed by atoms with van der Waals surface area (Å²) in [6.45, 7) is 0. The molecule has 2 N–H and O–H groups in total. The average Bonchev–Trinajstić information content (AvgIpc) is 3.28. The van der Waals surface area contributed by atoms with Crippen molar-refractivity contribution in [1.82, 2.24) is 24.4 Å². The highest BCUT2D eigenvalue weighted by Gasteiger charge is 2.36. The van der Waals surface area contributed by atoms with Crippen LogP contribution in [0.15, 0.2) is 39.8 Å². The van der Waals surface area contributed by atoms with Crippen LogP contribution < -0.4 is 11.1 Å². The Morgan fingerprint density at radius 1 is 1.18 bits per heavy atom. The highest BCUT2D eigenvalue weighted by Crippen LogP contribution is 2.36. The highest BCUT2D eigenvalue weighted by molar-refractivity contribution is 5.66. The van der Waals surface area contributed by atoms with Gasteiger partial charge in [0.25, 0.3) is 0 Å². The fourth-order valence-electron chi connectivity index (χ4n) is 4.36. The van der Waals surface area contributed by atoms with Crippen molar-refractivity contribution in [3.8, 4) is 11.4 Å². The van der Waals surface area contributed by atoms with Crippen molar-refractivity contribution in [3.63, 3.8) is 0 Å². The quantitative estimate of drug-likeness (QED) is 0.456. The summed E-state index contributed by atoms with van der Waals surface area (Å²) < 4.78 is 49.5. The Balaban J connectivity index is 1.60. The van der Waals surface area contributed by atoms with Gasteiger partial charge >= 0.3 is 11.8 Å². The lowest BCUT2D eigenvalue weighted by molar-refractivity contribution is 0.186. The molecule has 3 aromatic heterocycles.